The van der Waals surface area contributed by atoms with Gasteiger partial charge in [-0.25, -0.2) is 0 Å². The molecule has 0 spiro atoms. The molecule has 2 heteroatoms. The Morgan fingerprint density at radius 2 is 1.77 bits per heavy atom. The quantitative estimate of drug-likeness (QED) is 0.697. The molecule has 0 amide bonds. The van der Waals surface area contributed by atoms with E-state index in [1.807, 2.05) is 0 Å². The molecule has 0 aromatic heterocycles. The zero-order valence-electron chi connectivity index (χ0n) is 8.34. The predicted molar refractivity (Wildman–Crippen MR) is 53.6 cm³/mol. The molecule has 0 aliphatic heterocycles. The van der Waals surface area contributed by atoms with Crippen LogP contribution in [0.4, 0.5) is 0 Å². The van der Waals surface area contributed by atoms with E-state index in [9.17, 15) is 5.11 Å². The van der Waals surface area contributed by atoms with Crippen molar-refractivity contribution in [2.24, 2.45) is 5.92 Å². The maximum Gasteiger partial charge on any atom is 0.0693 e. The molecule has 2 fully saturated rings. The zero-order chi connectivity index (χ0) is 9.10. The summed E-state index contributed by atoms with van der Waals surface area (Å²) in [4.78, 5) is 0. The van der Waals surface area contributed by atoms with Crippen molar-refractivity contribution in [3.05, 3.63) is 0 Å². The van der Waals surface area contributed by atoms with Gasteiger partial charge in [0.15, 0.2) is 0 Å². The SMILES string of the molecule is O[C@@H]1CCCC[C@H]1NCC1CCC1. The number of aliphatic hydroxyl groups is 1. The molecular weight excluding hydrogens is 162 g/mol. The van der Waals surface area contributed by atoms with E-state index < -0.39 is 0 Å². The fourth-order valence-corrected chi connectivity index (χ4v) is 2.36. The van der Waals surface area contributed by atoms with E-state index in [2.05, 4.69) is 5.32 Å². The number of rotatable bonds is 3. The Kier molecular flexibility index (Phi) is 3.23. The van der Waals surface area contributed by atoms with Gasteiger partial charge in [-0.15, -0.1) is 0 Å². The average molecular weight is 183 g/mol. The van der Waals surface area contributed by atoms with Crippen LogP contribution in [0.25, 0.3) is 0 Å². The lowest BCUT2D eigenvalue weighted by molar-refractivity contribution is 0.0861. The monoisotopic (exact) mass is 183 g/mol. The highest BCUT2D eigenvalue weighted by atomic mass is 16.3. The van der Waals surface area contributed by atoms with Crippen LogP contribution in [0.1, 0.15) is 44.9 Å². The van der Waals surface area contributed by atoms with Crippen molar-refractivity contribution < 1.29 is 5.11 Å². The van der Waals surface area contributed by atoms with Gasteiger partial charge in [0.1, 0.15) is 0 Å². The van der Waals surface area contributed by atoms with E-state index in [4.69, 9.17) is 0 Å². The summed E-state index contributed by atoms with van der Waals surface area (Å²) >= 11 is 0. The maximum absolute atomic E-state index is 9.71. The largest absolute Gasteiger partial charge is 0.392 e. The van der Waals surface area contributed by atoms with Crippen LogP contribution in [0.15, 0.2) is 0 Å². The minimum Gasteiger partial charge on any atom is -0.392 e. The minimum absolute atomic E-state index is 0.0752. The zero-order valence-corrected chi connectivity index (χ0v) is 8.34. The van der Waals surface area contributed by atoms with Crippen LogP contribution in [-0.4, -0.2) is 23.8 Å². The molecule has 0 aromatic rings. The summed E-state index contributed by atoms with van der Waals surface area (Å²) in [5.74, 6) is 0.911. The summed E-state index contributed by atoms with van der Waals surface area (Å²) in [6.07, 6.45) is 8.82. The molecule has 0 saturated heterocycles. The number of aliphatic hydroxyl groups excluding tert-OH is 1. The second-order valence-corrected chi connectivity index (χ2v) is 4.66. The van der Waals surface area contributed by atoms with Crippen LogP contribution < -0.4 is 5.32 Å². The molecule has 0 aromatic carbocycles. The molecule has 2 saturated carbocycles. The second-order valence-electron chi connectivity index (χ2n) is 4.66. The molecule has 2 N–H and O–H groups in total. The van der Waals surface area contributed by atoms with Crippen molar-refractivity contribution in [2.45, 2.75) is 57.1 Å². The minimum atomic E-state index is -0.0752. The first-order chi connectivity index (χ1) is 6.36. The first-order valence-electron chi connectivity index (χ1n) is 5.78. The fourth-order valence-electron chi connectivity index (χ4n) is 2.36. The summed E-state index contributed by atoms with van der Waals surface area (Å²) in [5, 5.41) is 13.2. The van der Waals surface area contributed by atoms with Crippen LogP contribution in [0.5, 0.6) is 0 Å². The Hall–Kier alpha value is -0.0800. The lowest BCUT2D eigenvalue weighted by atomic mass is 9.84. The summed E-state index contributed by atoms with van der Waals surface area (Å²) in [7, 11) is 0. The first-order valence-corrected chi connectivity index (χ1v) is 5.78. The van der Waals surface area contributed by atoms with Crippen molar-refractivity contribution in [3.63, 3.8) is 0 Å². The first kappa shape index (κ1) is 9.47. The fraction of sp³-hybridized carbons (Fsp3) is 1.00. The van der Waals surface area contributed by atoms with Gasteiger partial charge in [0.05, 0.1) is 6.10 Å². The van der Waals surface area contributed by atoms with Gasteiger partial charge in [-0.1, -0.05) is 19.3 Å². The van der Waals surface area contributed by atoms with Gasteiger partial charge >= 0.3 is 0 Å². The lowest BCUT2D eigenvalue weighted by Crippen LogP contribution is -2.44. The standard InChI is InChI=1S/C11H21NO/c13-11-7-2-1-6-10(11)12-8-9-4-3-5-9/h9-13H,1-8H2/t10-,11-/m1/s1. The van der Waals surface area contributed by atoms with Gasteiger partial charge in [0, 0.05) is 6.04 Å². The van der Waals surface area contributed by atoms with Crippen LogP contribution in [0, 0.1) is 5.92 Å². The van der Waals surface area contributed by atoms with Crippen molar-refractivity contribution in [2.75, 3.05) is 6.54 Å². The average Bonchev–Trinajstić information content (AvgIpc) is 2.05. The Morgan fingerprint density at radius 3 is 2.38 bits per heavy atom. The Bertz CT molecular complexity index is 156. The molecule has 2 nitrogen and oxygen atoms in total. The van der Waals surface area contributed by atoms with Gasteiger partial charge in [0.2, 0.25) is 0 Å². The van der Waals surface area contributed by atoms with Gasteiger partial charge in [0.25, 0.3) is 0 Å². The highest BCUT2D eigenvalue weighted by Gasteiger charge is 2.24. The molecule has 0 radical (unpaired) electrons. The third-order valence-electron chi connectivity index (χ3n) is 3.62. The Morgan fingerprint density at radius 1 is 1.00 bits per heavy atom. The summed E-state index contributed by atoms with van der Waals surface area (Å²) in [6, 6.07) is 0.398. The third-order valence-corrected chi connectivity index (χ3v) is 3.62. The number of hydrogen-bond donors (Lipinski definition) is 2. The highest BCUT2D eigenvalue weighted by molar-refractivity contribution is 4.82. The molecular formula is C11H21NO. The van der Waals surface area contributed by atoms with E-state index in [0.29, 0.717) is 6.04 Å². The summed E-state index contributed by atoms with van der Waals surface area (Å²) in [6.45, 7) is 1.14. The lowest BCUT2D eigenvalue weighted by Gasteiger charge is -2.32. The molecule has 13 heavy (non-hydrogen) atoms. The third kappa shape index (κ3) is 2.44. The van der Waals surface area contributed by atoms with Crippen LogP contribution in [0.2, 0.25) is 0 Å². The van der Waals surface area contributed by atoms with Gasteiger partial charge < -0.3 is 10.4 Å². The topological polar surface area (TPSA) is 32.3 Å². The van der Waals surface area contributed by atoms with E-state index in [1.54, 1.807) is 0 Å². The van der Waals surface area contributed by atoms with E-state index in [0.717, 1.165) is 18.9 Å². The molecule has 76 valence electrons. The number of hydrogen-bond acceptors (Lipinski definition) is 2. The Balaban J connectivity index is 1.66. The van der Waals surface area contributed by atoms with Crippen molar-refractivity contribution in [3.8, 4) is 0 Å². The smallest absolute Gasteiger partial charge is 0.0693 e. The van der Waals surface area contributed by atoms with Gasteiger partial charge in [-0.2, -0.15) is 0 Å². The summed E-state index contributed by atoms with van der Waals surface area (Å²) < 4.78 is 0. The van der Waals surface area contributed by atoms with Gasteiger partial charge in [-0.3, -0.25) is 0 Å². The van der Waals surface area contributed by atoms with E-state index in [1.165, 1.54) is 38.5 Å². The molecule has 2 aliphatic rings. The van der Waals surface area contributed by atoms with Crippen molar-refractivity contribution in [1.29, 1.82) is 0 Å². The van der Waals surface area contributed by atoms with Gasteiger partial charge in [-0.05, 0) is 38.1 Å². The molecule has 0 bridgehead atoms. The van der Waals surface area contributed by atoms with Crippen molar-refractivity contribution in [1.82, 2.24) is 5.32 Å². The van der Waals surface area contributed by atoms with E-state index >= 15 is 0 Å². The maximum atomic E-state index is 9.71. The van der Waals surface area contributed by atoms with E-state index in [-0.39, 0.29) is 6.10 Å². The molecule has 0 heterocycles. The molecule has 2 rings (SSSR count). The number of nitrogens with one attached hydrogen (secondary N) is 1. The molecule has 2 aliphatic carbocycles. The Labute approximate surface area is 80.7 Å². The molecule has 0 unspecified atom stereocenters. The normalized spacial score (nSPS) is 35.8. The second kappa shape index (κ2) is 4.43. The van der Waals surface area contributed by atoms with Crippen molar-refractivity contribution >= 4 is 0 Å². The van der Waals surface area contributed by atoms with Crippen LogP contribution in [0.3, 0.4) is 0 Å². The van der Waals surface area contributed by atoms with Crippen LogP contribution in [-0.2, 0) is 0 Å². The summed E-state index contributed by atoms with van der Waals surface area (Å²) in [5.41, 5.74) is 0. The molecule has 2 atom stereocenters. The van der Waals surface area contributed by atoms with Crippen LogP contribution >= 0.6 is 0 Å². The predicted octanol–water partition coefficient (Wildman–Crippen LogP) is 1.68. The highest BCUT2D eigenvalue weighted by Crippen LogP contribution is 2.26.